The number of carbonyl (C=O) groups excluding carboxylic acids is 1. The first-order chi connectivity index (χ1) is 14.5. The molecule has 0 aliphatic carbocycles. The summed E-state index contributed by atoms with van der Waals surface area (Å²) in [6.07, 6.45) is 3.30. The Balaban J connectivity index is 1.27. The summed E-state index contributed by atoms with van der Waals surface area (Å²) in [5.41, 5.74) is 1.05. The molecule has 1 aromatic carbocycles. The molecule has 2 fully saturated rings. The Morgan fingerprint density at radius 3 is 2.20 bits per heavy atom. The van der Waals surface area contributed by atoms with Gasteiger partial charge in [0.2, 0.25) is 5.91 Å². The van der Waals surface area contributed by atoms with E-state index < -0.39 is 4.92 Å². The lowest BCUT2D eigenvalue weighted by Gasteiger charge is -2.39. The number of nitrogens with zero attached hydrogens (tertiary/aromatic N) is 5. The fourth-order valence-corrected chi connectivity index (χ4v) is 4.25. The van der Waals surface area contributed by atoms with Crippen molar-refractivity contribution in [3.8, 4) is 0 Å². The number of pyridine rings is 1. The summed E-state index contributed by atoms with van der Waals surface area (Å²) in [7, 11) is 0. The summed E-state index contributed by atoms with van der Waals surface area (Å²) in [5, 5.41) is 11.4. The van der Waals surface area contributed by atoms with E-state index in [0.29, 0.717) is 18.1 Å². The van der Waals surface area contributed by atoms with E-state index in [0.717, 1.165) is 50.5 Å². The van der Waals surface area contributed by atoms with Gasteiger partial charge in [0.25, 0.3) is 5.69 Å². The minimum Gasteiger partial charge on any atom is -0.368 e. The molecule has 30 heavy (non-hydrogen) atoms. The number of nitro groups is 1. The molecule has 1 amide bonds. The normalized spacial score (nSPS) is 17.8. The largest absolute Gasteiger partial charge is 0.368 e. The topological polar surface area (TPSA) is 82.8 Å². The lowest BCUT2D eigenvalue weighted by molar-refractivity contribution is -0.384. The molecule has 9 heteroatoms. The average molecular weight is 430 g/mol. The number of halogens is 1. The molecule has 0 N–H and O–H groups in total. The van der Waals surface area contributed by atoms with Crippen LogP contribution in [0.4, 0.5) is 17.2 Å². The first-order valence-corrected chi connectivity index (χ1v) is 10.5. The van der Waals surface area contributed by atoms with Crippen LogP contribution in [0.1, 0.15) is 12.8 Å². The lowest BCUT2D eigenvalue weighted by Crippen LogP contribution is -2.51. The van der Waals surface area contributed by atoms with Crippen molar-refractivity contribution in [3.05, 3.63) is 57.7 Å². The third-order valence-corrected chi connectivity index (χ3v) is 6.12. The van der Waals surface area contributed by atoms with E-state index in [2.05, 4.69) is 14.8 Å². The predicted octanol–water partition coefficient (Wildman–Crippen LogP) is 3.21. The number of hydrogen-bond donors (Lipinski definition) is 0. The van der Waals surface area contributed by atoms with Gasteiger partial charge < -0.3 is 14.7 Å². The second-order valence-corrected chi connectivity index (χ2v) is 8.12. The standard InChI is InChI=1S/C21H24ClN5O3/c22-17-1-6-20(23-15-17)25-9-7-16(8-10-25)21(28)26-13-11-24(12-14-26)18-2-4-19(5-3-18)27(29)30/h1-6,15-16H,7-14H2. The van der Waals surface area contributed by atoms with E-state index in [1.54, 1.807) is 18.3 Å². The Morgan fingerprint density at radius 1 is 0.967 bits per heavy atom. The Hall–Kier alpha value is -2.87. The SMILES string of the molecule is O=C(C1CCN(c2ccc(Cl)cn2)CC1)N1CCN(c2ccc([N+](=O)[O-])cc2)CC1. The molecule has 3 heterocycles. The zero-order valence-corrected chi connectivity index (χ0v) is 17.4. The van der Waals surface area contributed by atoms with Gasteiger partial charge in [-0.05, 0) is 37.1 Å². The molecule has 0 spiro atoms. The molecule has 2 aliphatic heterocycles. The number of non-ortho nitro benzene ring substituents is 1. The number of piperazine rings is 1. The molecule has 158 valence electrons. The number of carbonyl (C=O) groups is 1. The van der Waals surface area contributed by atoms with Gasteiger partial charge in [-0.2, -0.15) is 0 Å². The zero-order chi connectivity index (χ0) is 21.1. The maximum Gasteiger partial charge on any atom is 0.269 e. The van der Waals surface area contributed by atoms with Gasteiger partial charge in [-0.25, -0.2) is 4.98 Å². The fraction of sp³-hybridized carbons (Fsp3) is 0.429. The Morgan fingerprint density at radius 2 is 1.63 bits per heavy atom. The number of piperidine rings is 1. The highest BCUT2D eigenvalue weighted by Gasteiger charge is 2.30. The number of benzene rings is 1. The van der Waals surface area contributed by atoms with Crippen LogP contribution in [0.25, 0.3) is 0 Å². The molecular formula is C21H24ClN5O3. The molecular weight excluding hydrogens is 406 g/mol. The van der Waals surface area contributed by atoms with Crippen molar-refractivity contribution in [2.45, 2.75) is 12.8 Å². The van der Waals surface area contributed by atoms with Crippen LogP contribution >= 0.6 is 11.6 Å². The first-order valence-electron chi connectivity index (χ1n) is 10.2. The molecule has 0 bridgehead atoms. The van der Waals surface area contributed by atoms with E-state index in [1.807, 2.05) is 17.0 Å². The van der Waals surface area contributed by atoms with Crippen molar-refractivity contribution in [1.82, 2.24) is 9.88 Å². The maximum absolute atomic E-state index is 13.0. The van der Waals surface area contributed by atoms with Gasteiger partial charge in [0.05, 0.1) is 9.95 Å². The van der Waals surface area contributed by atoms with Crippen molar-refractivity contribution in [2.75, 3.05) is 49.1 Å². The summed E-state index contributed by atoms with van der Waals surface area (Å²) in [5.74, 6) is 1.20. The van der Waals surface area contributed by atoms with Gasteiger partial charge in [-0.1, -0.05) is 11.6 Å². The van der Waals surface area contributed by atoms with Gasteiger partial charge >= 0.3 is 0 Å². The summed E-state index contributed by atoms with van der Waals surface area (Å²) in [6, 6.07) is 10.4. The summed E-state index contributed by atoms with van der Waals surface area (Å²) in [4.78, 5) is 34.1. The minimum absolute atomic E-state index is 0.0551. The molecule has 2 aromatic rings. The van der Waals surface area contributed by atoms with Crippen LogP contribution in [0.5, 0.6) is 0 Å². The number of aromatic nitrogens is 1. The third kappa shape index (κ3) is 4.48. The summed E-state index contributed by atoms with van der Waals surface area (Å²) < 4.78 is 0. The Bertz CT molecular complexity index is 890. The maximum atomic E-state index is 13.0. The lowest BCUT2D eigenvalue weighted by atomic mass is 9.95. The quantitative estimate of drug-likeness (QED) is 0.548. The molecule has 1 aromatic heterocycles. The van der Waals surface area contributed by atoms with Gasteiger partial charge in [-0.15, -0.1) is 0 Å². The Labute approximate surface area is 180 Å². The number of nitro benzene ring substituents is 1. The van der Waals surface area contributed by atoms with Crippen LogP contribution in [0.15, 0.2) is 42.6 Å². The second-order valence-electron chi connectivity index (χ2n) is 7.68. The van der Waals surface area contributed by atoms with Crippen LogP contribution in [0.3, 0.4) is 0 Å². The third-order valence-electron chi connectivity index (χ3n) is 5.90. The molecule has 2 aliphatic rings. The number of anilines is 2. The van der Waals surface area contributed by atoms with Crippen LogP contribution in [-0.2, 0) is 4.79 Å². The van der Waals surface area contributed by atoms with Crippen LogP contribution in [0.2, 0.25) is 5.02 Å². The zero-order valence-electron chi connectivity index (χ0n) is 16.6. The van der Waals surface area contributed by atoms with E-state index in [9.17, 15) is 14.9 Å². The van der Waals surface area contributed by atoms with Crippen LogP contribution in [-0.4, -0.2) is 60.0 Å². The molecule has 0 radical (unpaired) electrons. The van der Waals surface area contributed by atoms with Crippen molar-refractivity contribution < 1.29 is 9.72 Å². The molecule has 4 rings (SSSR count). The van der Waals surface area contributed by atoms with Gasteiger partial charge in [0.1, 0.15) is 5.82 Å². The van der Waals surface area contributed by atoms with Crippen LogP contribution < -0.4 is 9.80 Å². The second kappa shape index (κ2) is 8.87. The van der Waals surface area contributed by atoms with Crippen molar-refractivity contribution in [3.63, 3.8) is 0 Å². The average Bonchev–Trinajstić information content (AvgIpc) is 2.79. The van der Waals surface area contributed by atoms with E-state index in [4.69, 9.17) is 11.6 Å². The molecule has 8 nitrogen and oxygen atoms in total. The smallest absolute Gasteiger partial charge is 0.269 e. The highest BCUT2D eigenvalue weighted by Crippen LogP contribution is 2.26. The number of amides is 1. The molecule has 0 atom stereocenters. The predicted molar refractivity (Wildman–Crippen MR) is 116 cm³/mol. The molecule has 2 saturated heterocycles. The minimum atomic E-state index is -0.394. The Kier molecular flexibility index (Phi) is 6.03. The van der Waals surface area contributed by atoms with E-state index in [1.165, 1.54) is 12.1 Å². The van der Waals surface area contributed by atoms with Crippen molar-refractivity contribution >= 4 is 34.7 Å². The van der Waals surface area contributed by atoms with E-state index >= 15 is 0 Å². The van der Waals surface area contributed by atoms with Crippen molar-refractivity contribution in [1.29, 1.82) is 0 Å². The summed E-state index contributed by atoms with van der Waals surface area (Å²) in [6.45, 7) is 4.44. The van der Waals surface area contributed by atoms with Crippen molar-refractivity contribution in [2.24, 2.45) is 5.92 Å². The van der Waals surface area contributed by atoms with Gasteiger partial charge in [0, 0.05) is 69.2 Å². The molecule has 0 unspecified atom stereocenters. The highest BCUT2D eigenvalue weighted by molar-refractivity contribution is 6.30. The number of hydrogen-bond acceptors (Lipinski definition) is 6. The monoisotopic (exact) mass is 429 g/mol. The number of rotatable bonds is 4. The van der Waals surface area contributed by atoms with Gasteiger partial charge in [-0.3, -0.25) is 14.9 Å². The highest BCUT2D eigenvalue weighted by atomic mass is 35.5. The first kappa shape index (κ1) is 20.4. The van der Waals surface area contributed by atoms with Gasteiger partial charge in [0.15, 0.2) is 0 Å². The molecule has 0 saturated carbocycles. The fourth-order valence-electron chi connectivity index (χ4n) is 4.14. The van der Waals surface area contributed by atoms with Crippen LogP contribution in [0, 0.1) is 16.0 Å². The van der Waals surface area contributed by atoms with E-state index in [-0.39, 0.29) is 17.5 Å². The summed E-state index contributed by atoms with van der Waals surface area (Å²) >= 11 is 5.91.